The van der Waals surface area contributed by atoms with E-state index in [0.29, 0.717) is 36.9 Å². The van der Waals surface area contributed by atoms with Crippen molar-refractivity contribution in [1.82, 2.24) is 20.9 Å². The highest BCUT2D eigenvalue weighted by Crippen LogP contribution is 2.20. The van der Waals surface area contributed by atoms with Crippen molar-refractivity contribution in [2.75, 3.05) is 26.2 Å². The van der Waals surface area contributed by atoms with Crippen LogP contribution in [0.4, 0.5) is 0 Å². The van der Waals surface area contributed by atoms with Gasteiger partial charge in [-0.2, -0.15) is 0 Å². The lowest BCUT2D eigenvalue weighted by molar-refractivity contribution is 0.0437. The number of amides is 1. The Balaban J connectivity index is 1.81. The van der Waals surface area contributed by atoms with Crippen molar-refractivity contribution in [2.45, 2.75) is 19.4 Å². The van der Waals surface area contributed by atoms with Gasteiger partial charge < -0.3 is 25.5 Å². The summed E-state index contributed by atoms with van der Waals surface area (Å²) >= 11 is 0. The molecule has 0 radical (unpaired) electrons. The second-order valence-electron chi connectivity index (χ2n) is 5.87. The van der Waals surface area contributed by atoms with Crippen LogP contribution in [0.5, 0.6) is 0 Å². The van der Waals surface area contributed by atoms with Crippen LogP contribution in [0, 0.1) is 0 Å². The highest BCUT2D eigenvalue weighted by Gasteiger charge is 2.26. The molecule has 4 N–H and O–H groups in total. The first-order chi connectivity index (χ1) is 12.5. The predicted molar refractivity (Wildman–Crippen MR) is 98.8 cm³/mol. The summed E-state index contributed by atoms with van der Waals surface area (Å²) in [5, 5.41) is 19.5. The van der Waals surface area contributed by atoms with Crippen LogP contribution in [-0.2, 0) is 5.60 Å². The second-order valence-corrected chi connectivity index (χ2v) is 5.87. The van der Waals surface area contributed by atoms with Gasteiger partial charge in [0.1, 0.15) is 11.4 Å². The molecule has 0 aliphatic heterocycles. The van der Waals surface area contributed by atoms with Gasteiger partial charge in [-0.3, -0.25) is 9.78 Å². The maximum Gasteiger partial charge on any atom is 0.252 e. The molecule has 0 aromatic carbocycles. The van der Waals surface area contributed by atoms with Gasteiger partial charge in [0, 0.05) is 32.0 Å². The van der Waals surface area contributed by atoms with Gasteiger partial charge in [-0.1, -0.05) is 0 Å². The van der Waals surface area contributed by atoms with Crippen molar-refractivity contribution >= 4 is 11.9 Å². The van der Waals surface area contributed by atoms with E-state index in [9.17, 15) is 9.90 Å². The number of hydrogen-bond acceptors (Lipinski definition) is 5. The number of carbonyl (C=O) groups is 1. The summed E-state index contributed by atoms with van der Waals surface area (Å²) in [6, 6.07) is 6.86. The zero-order chi connectivity index (χ0) is 18.8. The Morgan fingerprint density at radius 3 is 2.73 bits per heavy atom. The number of rotatable bonds is 8. The Labute approximate surface area is 152 Å². The van der Waals surface area contributed by atoms with Gasteiger partial charge in [-0.05, 0) is 38.1 Å². The van der Waals surface area contributed by atoms with Crippen LogP contribution in [0.15, 0.2) is 52.3 Å². The minimum atomic E-state index is -1.19. The standard InChI is InChI=1S/C18H25N5O3/c1-3-20-17(23-13-18(2,25)15-7-5-11-26-15)22-10-9-21-16(24)14-6-4-8-19-12-14/h4-8,11-12,25H,3,9-10,13H2,1-2H3,(H,21,24)(H2,20,22,23). The number of pyridine rings is 1. The molecule has 2 aromatic rings. The lowest BCUT2D eigenvalue weighted by Gasteiger charge is -2.19. The first-order valence-corrected chi connectivity index (χ1v) is 8.49. The minimum absolute atomic E-state index is 0.137. The zero-order valence-corrected chi connectivity index (χ0v) is 15.0. The van der Waals surface area contributed by atoms with E-state index in [1.807, 2.05) is 6.92 Å². The molecule has 140 valence electrons. The number of hydrogen-bond donors (Lipinski definition) is 4. The third kappa shape index (κ3) is 5.89. The Hall–Kier alpha value is -2.87. The maximum atomic E-state index is 11.9. The molecule has 1 unspecified atom stereocenters. The van der Waals surface area contributed by atoms with Gasteiger partial charge in [0.15, 0.2) is 5.96 Å². The lowest BCUT2D eigenvalue weighted by Crippen LogP contribution is -2.42. The van der Waals surface area contributed by atoms with Crippen LogP contribution in [-0.4, -0.2) is 48.1 Å². The highest BCUT2D eigenvalue weighted by molar-refractivity contribution is 5.93. The van der Waals surface area contributed by atoms with Crippen LogP contribution < -0.4 is 16.0 Å². The second kappa shape index (κ2) is 9.57. The first-order valence-electron chi connectivity index (χ1n) is 8.49. The fourth-order valence-electron chi connectivity index (χ4n) is 2.19. The largest absolute Gasteiger partial charge is 0.466 e. The number of aromatic nitrogens is 1. The molecule has 0 aliphatic carbocycles. The summed E-state index contributed by atoms with van der Waals surface area (Å²) in [5.41, 5.74) is -0.678. The smallest absolute Gasteiger partial charge is 0.252 e. The molecule has 2 heterocycles. The quantitative estimate of drug-likeness (QED) is 0.316. The van der Waals surface area contributed by atoms with E-state index in [-0.39, 0.29) is 12.5 Å². The Morgan fingerprint density at radius 2 is 2.08 bits per heavy atom. The number of carbonyl (C=O) groups excluding carboxylic acids is 1. The first kappa shape index (κ1) is 19.5. The average molecular weight is 359 g/mol. The monoisotopic (exact) mass is 359 g/mol. The number of furan rings is 1. The predicted octanol–water partition coefficient (Wildman–Crippen LogP) is 0.867. The number of aliphatic imine (C=N–C) groups is 1. The average Bonchev–Trinajstić information content (AvgIpc) is 3.19. The molecule has 2 rings (SSSR count). The molecule has 1 amide bonds. The molecule has 8 nitrogen and oxygen atoms in total. The molecular formula is C18H25N5O3. The SMILES string of the molecule is CCNC(=NCC(C)(O)c1ccco1)NCCNC(=O)c1cccnc1. The van der Waals surface area contributed by atoms with Crippen molar-refractivity contribution in [3.05, 3.63) is 54.2 Å². The van der Waals surface area contributed by atoms with Gasteiger partial charge in [0.05, 0.1) is 18.4 Å². The van der Waals surface area contributed by atoms with Crippen molar-refractivity contribution in [1.29, 1.82) is 0 Å². The fraction of sp³-hybridized carbons (Fsp3) is 0.389. The van der Waals surface area contributed by atoms with Gasteiger partial charge in [0.25, 0.3) is 5.91 Å². The number of guanidine groups is 1. The molecule has 0 aliphatic rings. The van der Waals surface area contributed by atoms with Crippen LogP contribution in [0.3, 0.4) is 0 Å². The molecule has 0 bridgehead atoms. The molecule has 2 aromatic heterocycles. The van der Waals surface area contributed by atoms with E-state index in [4.69, 9.17) is 4.42 Å². The molecule has 1 atom stereocenters. The normalized spacial score (nSPS) is 13.7. The van der Waals surface area contributed by atoms with Crippen molar-refractivity contribution in [2.24, 2.45) is 4.99 Å². The fourth-order valence-corrected chi connectivity index (χ4v) is 2.19. The molecule has 0 saturated heterocycles. The molecule has 0 fully saturated rings. The Bertz CT molecular complexity index is 699. The zero-order valence-electron chi connectivity index (χ0n) is 15.0. The maximum absolute atomic E-state index is 11.9. The Morgan fingerprint density at radius 1 is 1.27 bits per heavy atom. The van der Waals surface area contributed by atoms with E-state index in [2.05, 4.69) is 25.9 Å². The highest BCUT2D eigenvalue weighted by atomic mass is 16.4. The van der Waals surface area contributed by atoms with Crippen LogP contribution in [0.25, 0.3) is 0 Å². The summed E-state index contributed by atoms with van der Waals surface area (Å²) in [4.78, 5) is 20.2. The third-order valence-electron chi connectivity index (χ3n) is 3.57. The molecule has 26 heavy (non-hydrogen) atoms. The number of nitrogens with zero attached hydrogens (tertiary/aromatic N) is 2. The van der Waals surface area contributed by atoms with E-state index in [1.54, 1.807) is 37.4 Å². The van der Waals surface area contributed by atoms with Gasteiger partial charge in [-0.15, -0.1) is 0 Å². The topological polar surface area (TPSA) is 112 Å². The Kier molecular flexibility index (Phi) is 7.16. The summed E-state index contributed by atoms with van der Waals surface area (Å²) in [6.45, 7) is 5.32. The lowest BCUT2D eigenvalue weighted by atomic mass is 10.0. The molecular weight excluding hydrogens is 334 g/mol. The molecule has 0 spiro atoms. The number of nitrogens with one attached hydrogen (secondary N) is 3. The summed E-state index contributed by atoms with van der Waals surface area (Å²) in [6.07, 6.45) is 4.65. The van der Waals surface area contributed by atoms with Gasteiger partial charge >= 0.3 is 0 Å². The summed E-state index contributed by atoms with van der Waals surface area (Å²) < 4.78 is 5.24. The minimum Gasteiger partial charge on any atom is -0.466 e. The van der Waals surface area contributed by atoms with Crippen LogP contribution in [0.1, 0.15) is 30.0 Å². The van der Waals surface area contributed by atoms with E-state index < -0.39 is 5.60 Å². The van der Waals surface area contributed by atoms with E-state index in [0.717, 1.165) is 0 Å². The van der Waals surface area contributed by atoms with Crippen molar-refractivity contribution in [3.8, 4) is 0 Å². The summed E-state index contributed by atoms with van der Waals surface area (Å²) in [7, 11) is 0. The van der Waals surface area contributed by atoms with E-state index >= 15 is 0 Å². The number of aliphatic hydroxyl groups is 1. The van der Waals surface area contributed by atoms with Crippen LogP contribution in [0.2, 0.25) is 0 Å². The molecule has 8 heteroatoms. The van der Waals surface area contributed by atoms with Crippen molar-refractivity contribution in [3.63, 3.8) is 0 Å². The summed E-state index contributed by atoms with van der Waals surface area (Å²) in [5.74, 6) is 0.832. The van der Waals surface area contributed by atoms with Gasteiger partial charge in [-0.25, -0.2) is 4.99 Å². The van der Waals surface area contributed by atoms with Gasteiger partial charge in [0.2, 0.25) is 0 Å². The third-order valence-corrected chi connectivity index (χ3v) is 3.57. The van der Waals surface area contributed by atoms with Crippen molar-refractivity contribution < 1.29 is 14.3 Å². The van der Waals surface area contributed by atoms with E-state index in [1.165, 1.54) is 12.5 Å². The van der Waals surface area contributed by atoms with Crippen LogP contribution >= 0.6 is 0 Å². The molecule has 0 saturated carbocycles.